The summed E-state index contributed by atoms with van der Waals surface area (Å²) >= 11 is 0. The molecular weight excluding hydrogens is 188 g/mol. The van der Waals surface area contributed by atoms with E-state index in [9.17, 15) is 0 Å². The van der Waals surface area contributed by atoms with E-state index in [1.54, 1.807) is 0 Å². The minimum atomic E-state index is 0.592. The van der Waals surface area contributed by atoms with Gasteiger partial charge in [-0.3, -0.25) is 4.98 Å². The second-order valence-electron chi connectivity index (χ2n) is 3.94. The average molecular weight is 206 g/mol. The molecule has 15 heavy (non-hydrogen) atoms. The second-order valence-corrected chi connectivity index (χ2v) is 3.94. The highest BCUT2D eigenvalue weighted by molar-refractivity contribution is 5.03. The quantitative estimate of drug-likeness (QED) is 0.818. The van der Waals surface area contributed by atoms with Crippen LogP contribution in [-0.4, -0.2) is 24.2 Å². The largest absolute Gasteiger partial charge is 0.381 e. The maximum Gasteiger partial charge on any atom is 0.0541 e. The maximum absolute atomic E-state index is 5.42. The first-order valence-electron chi connectivity index (χ1n) is 5.66. The van der Waals surface area contributed by atoms with E-state index in [-0.39, 0.29) is 0 Å². The predicted octanol–water partition coefficient (Wildman–Crippen LogP) is 1.74. The van der Waals surface area contributed by atoms with E-state index in [2.05, 4.69) is 16.4 Å². The second kappa shape index (κ2) is 5.83. The third-order valence-corrected chi connectivity index (χ3v) is 2.75. The molecule has 3 nitrogen and oxygen atoms in total. The molecule has 1 atom stereocenters. The van der Waals surface area contributed by atoms with Crippen molar-refractivity contribution in [1.29, 1.82) is 0 Å². The van der Waals surface area contributed by atoms with Gasteiger partial charge in [-0.25, -0.2) is 0 Å². The molecule has 0 aliphatic carbocycles. The molecule has 0 radical (unpaired) electrons. The molecule has 1 unspecified atom stereocenters. The van der Waals surface area contributed by atoms with E-state index in [1.807, 2.05) is 18.3 Å². The van der Waals surface area contributed by atoms with Crippen molar-refractivity contribution in [1.82, 2.24) is 10.3 Å². The van der Waals surface area contributed by atoms with E-state index in [0.29, 0.717) is 6.04 Å². The molecule has 1 aromatic heterocycles. The van der Waals surface area contributed by atoms with Crippen molar-refractivity contribution in [2.45, 2.75) is 31.8 Å². The third kappa shape index (κ3) is 3.61. The van der Waals surface area contributed by atoms with Gasteiger partial charge in [0.1, 0.15) is 0 Å². The molecule has 0 bridgehead atoms. The van der Waals surface area contributed by atoms with Crippen molar-refractivity contribution < 1.29 is 4.74 Å². The summed E-state index contributed by atoms with van der Waals surface area (Å²) in [6, 6.07) is 6.62. The normalized spacial score (nSPS) is 22.3. The first-order valence-corrected chi connectivity index (χ1v) is 5.66. The van der Waals surface area contributed by atoms with E-state index in [0.717, 1.165) is 31.9 Å². The average Bonchev–Trinajstić information content (AvgIpc) is 2.56. The number of aromatic nitrogens is 1. The standard InChI is InChI=1S/C12H18N2O/c1-2-7-13-12(4-1)10-14-11-5-3-8-15-9-6-11/h1-2,4,7,11,14H,3,5-6,8-10H2. The third-order valence-electron chi connectivity index (χ3n) is 2.75. The topological polar surface area (TPSA) is 34.1 Å². The summed E-state index contributed by atoms with van der Waals surface area (Å²) in [5.74, 6) is 0. The number of nitrogens with zero attached hydrogens (tertiary/aromatic N) is 1. The van der Waals surface area contributed by atoms with Crippen LogP contribution in [0.3, 0.4) is 0 Å². The van der Waals surface area contributed by atoms with Crippen molar-refractivity contribution in [3.63, 3.8) is 0 Å². The highest BCUT2D eigenvalue weighted by atomic mass is 16.5. The Morgan fingerprint density at radius 1 is 1.33 bits per heavy atom. The maximum atomic E-state index is 5.42. The van der Waals surface area contributed by atoms with Crippen LogP contribution in [0.25, 0.3) is 0 Å². The minimum Gasteiger partial charge on any atom is -0.381 e. The van der Waals surface area contributed by atoms with Gasteiger partial charge in [-0.05, 0) is 31.4 Å². The summed E-state index contributed by atoms with van der Waals surface area (Å²) in [5.41, 5.74) is 1.11. The van der Waals surface area contributed by atoms with E-state index in [4.69, 9.17) is 4.74 Å². The van der Waals surface area contributed by atoms with Crippen molar-refractivity contribution in [2.75, 3.05) is 13.2 Å². The Balaban J connectivity index is 1.77. The van der Waals surface area contributed by atoms with Gasteiger partial charge < -0.3 is 10.1 Å². The Bertz CT molecular complexity index is 268. The van der Waals surface area contributed by atoms with Crippen LogP contribution in [0.4, 0.5) is 0 Å². The van der Waals surface area contributed by atoms with E-state index >= 15 is 0 Å². The molecule has 1 saturated heterocycles. The Morgan fingerprint density at radius 3 is 3.20 bits per heavy atom. The van der Waals surface area contributed by atoms with Crippen molar-refractivity contribution in [3.05, 3.63) is 30.1 Å². The smallest absolute Gasteiger partial charge is 0.0541 e. The van der Waals surface area contributed by atoms with Gasteiger partial charge in [0.05, 0.1) is 5.69 Å². The number of hydrogen-bond acceptors (Lipinski definition) is 3. The molecule has 1 N–H and O–H groups in total. The molecule has 2 heterocycles. The summed E-state index contributed by atoms with van der Waals surface area (Å²) in [6.07, 6.45) is 5.34. The number of pyridine rings is 1. The highest BCUT2D eigenvalue weighted by Gasteiger charge is 2.11. The predicted molar refractivity (Wildman–Crippen MR) is 59.5 cm³/mol. The van der Waals surface area contributed by atoms with Gasteiger partial charge >= 0.3 is 0 Å². The lowest BCUT2D eigenvalue weighted by molar-refractivity contribution is 0.142. The fraction of sp³-hybridized carbons (Fsp3) is 0.583. The number of ether oxygens (including phenoxy) is 1. The number of hydrogen-bond donors (Lipinski definition) is 1. The number of rotatable bonds is 3. The van der Waals surface area contributed by atoms with E-state index < -0.39 is 0 Å². The van der Waals surface area contributed by atoms with Crippen LogP contribution in [0.1, 0.15) is 25.0 Å². The Morgan fingerprint density at radius 2 is 2.33 bits per heavy atom. The molecule has 1 fully saturated rings. The fourth-order valence-corrected chi connectivity index (χ4v) is 1.86. The monoisotopic (exact) mass is 206 g/mol. The van der Waals surface area contributed by atoms with Gasteiger partial charge in [0, 0.05) is 32.0 Å². The number of nitrogens with one attached hydrogen (secondary N) is 1. The van der Waals surface area contributed by atoms with Gasteiger partial charge in [-0.1, -0.05) is 6.07 Å². The zero-order valence-electron chi connectivity index (χ0n) is 8.98. The SMILES string of the molecule is c1ccc(CNC2CCCOCC2)nc1. The van der Waals surface area contributed by atoms with Crippen LogP contribution < -0.4 is 5.32 Å². The summed E-state index contributed by atoms with van der Waals surface area (Å²) in [7, 11) is 0. The van der Waals surface area contributed by atoms with E-state index in [1.165, 1.54) is 12.8 Å². The molecule has 82 valence electrons. The van der Waals surface area contributed by atoms with Crippen LogP contribution in [0.5, 0.6) is 0 Å². The lowest BCUT2D eigenvalue weighted by atomic mass is 10.1. The molecule has 0 spiro atoms. The van der Waals surface area contributed by atoms with Gasteiger partial charge in [-0.15, -0.1) is 0 Å². The summed E-state index contributed by atoms with van der Waals surface area (Å²) < 4.78 is 5.42. The minimum absolute atomic E-state index is 0.592. The van der Waals surface area contributed by atoms with Crippen molar-refractivity contribution >= 4 is 0 Å². The van der Waals surface area contributed by atoms with Gasteiger partial charge in [0.15, 0.2) is 0 Å². The van der Waals surface area contributed by atoms with Crippen LogP contribution in [0, 0.1) is 0 Å². The molecule has 0 aromatic carbocycles. The van der Waals surface area contributed by atoms with Crippen LogP contribution in [0.15, 0.2) is 24.4 Å². The zero-order chi connectivity index (χ0) is 10.3. The van der Waals surface area contributed by atoms with Crippen LogP contribution in [-0.2, 0) is 11.3 Å². The molecule has 0 saturated carbocycles. The lowest BCUT2D eigenvalue weighted by Crippen LogP contribution is -2.29. The summed E-state index contributed by atoms with van der Waals surface area (Å²) in [4.78, 5) is 4.29. The Labute approximate surface area is 90.9 Å². The van der Waals surface area contributed by atoms with Gasteiger partial charge in [0.25, 0.3) is 0 Å². The van der Waals surface area contributed by atoms with Crippen LogP contribution in [0.2, 0.25) is 0 Å². The molecule has 1 aromatic rings. The molecule has 1 aliphatic rings. The molecule has 3 heteroatoms. The fourth-order valence-electron chi connectivity index (χ4n) is 1.86. The van der Waals surface area contributed by atoms with Gasteiger partial charge in [-0.2, -0.15) is 0 Å². The first-order chi connectivity index (χ1) is 7.45. The van der Waals surface area contributed by atoms with Crippen molar-refractivity contribution in [3.8, 4) is 0 Å². The lowest BCUT2D eigenvalue weighted by Gasteiger charge is -2.14. The summed E-state index contributed by atoms with van der Waals surface area (Å²) in [6.45, 7) is 2.67. The molecule has 1 aliphatic heterocycles. The van der Waals surface area contributed by atoms with Crippen LogP contribution >= 0.6 is 0 Å². The molecule has 2 rings (SSSR count). The highest BCUT2D eigenvalue weighted by Crippen LogP contribution is 2.08. The van der Waals surface area contributed by atoms with Crippen molar-refractivity contribution in [2.24, 2.45) is 0 Å². The Kier molecular flexibility index (Phi) is 4.11. The summed E-state index contributed by atoms with van der Waals surface area (Å²) in [5, 5.41) is 3.54. The zero-order valence-corrected chi connectivity index (χ0v) is 8.98. The Hall–Kier alpha value is -0.930. The first kappa shape index (κ1) is 10.6. The molecular formula is C12H18N2O. The molecule has 0 amide bonds. The van der Waals surface area contributed by atoms with Gasteiger partial charge in [0.2, 0.25) is 0 Å².